The number of para-hydroxylation sites is 4. The van der Waals surface area contributed by atoms with Crippen LogP contribution in [0.15, 0.2) is 72.8 Å². The van der Waals surface area contributed by atoms with Crippen molar-refractivity contribution in [3.8, 4) is 17.2 Å². The van der Waals surface area contributed by atoms with Gasteiger partial charge in [0.25, 0.3) is 0 Å². The molecule has 1 aliphatic heterocycles. The van der Waals surface area contributed by atoms with Gasteiger partial charge >= 0.3 is 0 Å². The lowest BCUT2D eigenvalue weighted by Gasteiger charge is -2.32. The Balaban J connectivity index is 1.90. The van der Waals surface area contributed by atoms with Crippen LogP contribution in [-0.4, -0.2) is 7.11 Å². The zero-order valence-corrected chi connectivity index (χ0v) is 12.2. The molecule has 4 rings (SSSR count). The van der Waals surface area contributed by atoms with E-state index in [1.165, 1.54) is 0 Å². The summed E-state index contributed by atoms with van der Waals surface area (Å²) in [5.74, 6) is 2.56. The second kappa shape index (κ2) is 5.11. The molecule has 0 aromatic heterocycles. The standard InChI is InChI=1S/C19H15NO2/c1-21-15-12-10-14(11-13-15)20-16-6-2-4-8-18(16)22-19-9-5-3-7-17(19)20/h2-13H,1H3. The third kappa shape index (κ3) is 1.99. The normalized spacial score (nSPS) is 12.1. The number of benzene rings is 3. The molecule has 0 bridgehead atoms. The maximum atomic E-state index is 6.01. The van der Waals surface area contributed by atoms with Gasteiger partial charge in [-0.3, -0.25) is 0 Å². The number of rotatable bonds is 2. The predicted octanol–water partition coefficient (Wildman–Crippen LogP) is 5.27. The maximum Gasteiger partial charge on any atom is 0.151 e. The lowest BCUT2D eigenvalue weighted by molar-refractivity contribution is 0.415. The summed E-state index contributed by atoms with van der Waals surface area (Å²) in [7, 11) is 1.67. The number of hydrogen-bond donors (Lipinski definition) is 0. The Morgan fingerprint density at radius 1 is 0.727 bits per heavy atom. The van der Waals surface area contributed by atoms with Gasteiger partial charge < -0.3 is 14.4 Å². The zero-order chi connectivity index (χ0) is 14.9. The molecule has 3 heteroatoms. The monoisotopic (exact) mass is 289 g/mol. The van der Waals surface area contributed by atoms with Crippen molar-refractivity contribution in [3.63, 3.8) is 0 Å². The molecule has 0 N–H and O–H groups in total. The summed E-state index contributed by atoms with van der Waals surface area (Å²) < 4.78 is 11.3. The van der Waals surface area contributed by atoms with Crippen LogP contribution in [0, 0.1) is 0 Å². The van der Waals surface area contributed by atoms with Crippen molar-refractivity contribution in [1.29, 1.82) is 0 Å². The summed E-state index contributed by atoms with van der Waals surface area (Å²) in [6.07, 6.45) is 0. The molecule has 3 aromatic rings. The molecule has 0 atom stereocenters. The molecule has 0 spiro atoms. The number of fused-ring (bicyclic) bond motifs is 2. The van der Waals surface area contributed by atoms with Gasteiger partial charge in [0, 0.05) is 5.69 Å². The van der Waals surface area contributed by atoms with Gasteiger partial charge in [0.05, 0.1) is 18.5 Å². The Kier molecular flexibility index (Phi) is 2.97. The van der Waals surface area contributed by atoms with E-state index in [9.17, 15) is 0 Å². The molecule has 108 valence electrons. The van der Waals surface area contributed by atoms with Crippen LogP contribution in [0.2, 0.25) is 0 Å². The highest BCUT2D eigenvalue weighted by Gasteiger charge is 2.24. The Hall–Kier alpha value is -2.94. The predicted molar refractivity (Wildman–Crippen MR) is 87.8 cm³/mol. The van der Waals surface area contributed by atoms with E-state index in [0.29, 0.717) is 0 Å². The molecule has 0 saturated heterocycles. The van der Waals surface area contributed by atoms with E-state index in [0.717, 1.165) is 34.3 Å². The molecule has 0 aliphatic carbocycles. The fraction of sp³-hybridized carbons (Fsp3) is 0.0526. The fourth-order valence-electron chi connectivity index (χ4n) is 2.71. The zero-order valence-electron chi connectivity index (χ0n) is 12.2. The van der Waals surface area contributed by atoms with E-state index >= 15 is 0 Å². The summed E-state index contributed by atoms with van der Waals surface area (Å²) in [5.41, 5.74) is 3.14. The molecule has 22 heavy (non-hydrogen) atoms. The van der Waals surface area contributed by atoms with Crippen molar-refractivity contribution in [2.24, 2.45) is 0 Å². The molecule has 0 radical (unpaired) electrons. The third-order valence-electron chi connectivity index (χ3n) is 3.76. The molecule has 1 heterocycles. The quantitative estimate of drug-likeness (QED) is 0.501. The highest BCUT2D eigenvalue weighted by atomic mass is 16.5. The average Bonchev–Trinajstić information content (AvgIpc) is 2.60. The molecule has 0 unspecified atom stereocenters. The number of hydrogen-bond acceptors (Lipinski definition) is 3. The summed E-state index contributed by atoms with van der Waals surface area (Å²) in [5, 5.41) is 0. The SMILES string of the molecule is COc1ccc(N2c3ccccc3Oc3ccccc32)cc1. The van der Waals surface area contributed by atoms with Gasteiger partial charge in [-0.1, -0.05) is 24.3 Å². The van der Waals surface area contributed by atoms with Crippen molar-refractivity contribution in [3.05, 3.63) is 72.8 Å². The first-order valence-corrected chi connectivity index (χ1v) is 7.17. The Morgan fingerprint density at radius 2 is 1.27 bits per heavy atom. The molecule has 3 nitrogen and oxygen atoms in total. The summed E-state index contributed by atoms with van der Waals surface area (Å²) in [6, 6.07) is 24.2. The van der Waals surface area contributed by atoms with E-state index in [1.807, 2.05) is 48.5 Å². The van der Waals surface area contributed by atoms with E-state index in [4.69, 9.17) is 9.47 Å². The largest absolute Gasteiger partial charge is 0.497 e. The molecule has 0 amide bonds. The topological polar surface area (TPSA) is 21.7 Å². The Morgan fingerprint density at radius 3 is 1.82 bits per heavy atom. The minimum Gasteiger partial charge on any atom is -0.497 e. The van der Waals surface area contributed by atoms with Crippen LogP contribution < -0.4 is 14.4 Å². The first-order chi connectivity index (χ1) is 10.9. The number of anilines is 3. The van der Waals surface area contributed by atoms with E-state index in [-0.39, 0.29) is 0 Å². The molecule has 1 aliphatic rings. The Bertz CT molecular complexity index is 766. The van der Waals surface area contributed by atoms with Crippen molar-refractivity contribution < 1.29 is 9.47 Å². The minimum absolute atomic E-state index is 0.846. The van der Waals surface area contributed by atoms with Gasteiger partial charge in [-0.25, -0.2) is 0 Å². The fourth-order valence-corrected chi connectivity index (χ4v) is 2.71. The second-order valence-corrected chi connectivity index (χ2v) is 5.07. The van der Waals surface area contributed by atoms with E-state index < -0.39 is 0 Å². The number of methoxy groups -OCH3 is 1. The van der Waals surface area contributed by atoms with Crippen molar-refractivity contribution in [2.75, 3.05) is 12.0 Å². The van der Waals surface area contributed by atoms with Crippen molar-refractivity contribution in [1.82, 2.24) is 0 Å². The molecule has 0 saturated carbocycles. The number of ether oxygens (including phenoxy) is 2. The average molecular weight is 289 g/mol. The highest BCUT2D eigenvalue weighted by Crippen LogP contribution is 2.49. The molecular formula is C19H15NO2. The summed E-state index contributed by atoms with van der Waals surface area (Å²) in [4.78, 5) is 2.20. The Labute approximate surface area is 129 Å². The van der Waals surface area contributed by atoms with Gasteiger partial charge in [0.1, 0.15) is 5.75 Å². The summed E-state index contributed by atoms with van der Waals surface area (Å²) in [6.45, 7) is 0. The van der Waals surface area contributed by atoms with Crippen LogP contribution >= 0.6 is 0 Å². The van der Waals surface area contributed by atoms with Gasteiger partial charge in [-0.2, -0.15) is 0 Å². The number of nitrogens with zero attached hydrogens (tertiary/aromatic N) is 1. The van der Waals surface area contributed by atoms with Crippen LogP contribution in [0.3, 0.4) is 0 Å². The maximum absolute atomic E-state index is 6.01. The molecule has 0 fully saturated rings. The second-order valence-electron chi connectivity index (χ2n) is 5.07. The van der Waals surface area contributed by atoms with Gasteiger partial charge in [0.15, 0.2) is 11.5 Å². The third-order valence-corrected chi connectivity index (χ3v) is 3.76. The van der Waals surface area contributed by atoms with Crippen LogP contribution in [0.1, 0.15) is 0 Å². The van der Waals surface area contributed by atoms with Gasteiger partial charge in [-0.05, 0) is 48.5 Å². The van der Waals surface area contributed by atoms with Gasteiger partial charge in [-0.15, -0.1) is 0 Å². The summed E-state index contributed by atoms with van der Waals surface area (Å²) >= 11 is 0. The first-order valence-electron chi connectivity index (χ1n) is 7.17. The highest BCUT2D eigenvalue weighted by molar-refractivity contribution is 5.86. The van der Waals surface area contributed by atoms with Crippen LogP contribution in [0.25, 0.3) is 0 Å². The lowest BCUT2D eigenvalue weighted by atomic mass is 10.1. The van der Waals surface area contributed by atoms with Crippen molar-refractivity contribution in [2.45, 2.75) is 0 Å². The van der Waals surface area contributed by atoms with Gasteiger partial charge in [0.2, 0.25) is 0 Å². The van der Waals surface area contributed by atoms with Crippen LogP contribution in [0.5, 0.6) is 17.2 Å². The first kappa shape index (κ1) is 12.8. The van der Waals surface area contributed by atoms with E-state index in [1.54, 1.807) is 7.11 Å². The molecular weight excluding hydrogens is 274 g/mol. The minimum atomic E-state index is 0.846. The van der Waals surface area contributed by atoms with Crippen molar-refractivity contribution >= 4 is 17.1 Å². The smallest absolute Gasteiger partial charge is 0.151 e. The lowest BCUT2D eigenvalue weighted by Crippen LogP contribution is -2.15. The van der Waals surface area contributed by atoms with E-state index in [2.05, 4.69) is 29.2 Å². The van der Waals surface area contributed by atoms with Crippen LogP contribution in [-0.2, 0) is 0 Å². The molecule has 3 aromatic carbocycles. The van der Waals surface area contributed by atoms with Crippen LogP contribution in [0.4, 0.5) is 17.1 Å².